The Bertz CT molecular complexity index is 925. The molecular weight excluding hydrogens is 346 g/mol. The van der Waals surface area contributed by atoms with Crippen molar-refractivity contribution < 1.29 is 14.5 Å². The Balaban J connectivity index is 1.72. The van der Waals surface area contributed by atoms with Crippen molar-refractivity contribution in [2.75, 3.05) is 4.90 Å². The van der Waals surface area contributed by atoms with Crippen molar-refractivity contribution in [3.05, 3.63) is 63.7 Å². The highest BCUT2D eigenvalue weighted by atomic mass is 16.6. The number of benzene rings is 2. The van der Waals surface area contributed by atoms with Crippen LogP contribution in [0.2, 0.25) is 0 Å². The van der Waals surface area contributed by atoms with Crippen LogP contribution in [0.4, 0.5) is 16.2 Å². The number of carbonyl (C=O) groups is 1. The maximum absolute atomic E-state index is 12.9. The highest BCUT2D eigenvalue weighted by molar-refractivity contribution is 5.95. The molecule has 1 N–H and O–H groups in total. The fourth-order valence-corrected chi connectivity index (χ4v) is 3.87. The first-order chi connectivity index (χ1) is 12.8. The van der Waals surface area contributed by atoms with Gasteiger partial charge in [-0.15, -0.1) is 0 Å². The molecule has 1 saturated heterocycles. The molecule has 0 radical (unpaired) electrons. The number of amides is 2. The molecular formula is C20H21N3O4. The molecule has 2 bridgehead atoms. The van der Waals surface area contributed by atoms with Crippen LogP contribution in [0.5, 0.6) is 5.75 Å². The summed E-state index contributed by atoms with van der Waals surface area (Å²) in [6, 6.07) is 11.8. The van der Waals surface area contributed by atoms with Crippen LogP contribution < -0.4 is 15.0 Å². The van der Waals surface area contributed by atoms with Crippen LogP contribution in [-0.2, 0) is 0 Å². The van der Waals surface area contributed by atoms with Crippen molar-refractivity contribution in [3.8, 4) is 5.75 Å². The zero-order valence-corrected chi connectivity index (χ0v) is 15.4. The number of fused-ring (bicyclic) bond motifs is 4. The summed E-state index contributed by atoms with van der Waals surface area (Å²) in [7, 11) is 0. The largest absolute Gasteiger partial charge is 0.467 e. The molecule has 7 heteroatoms. The minimum absolute atomic E-state index is 0.0121. The summed E-state index contributed by atoms with van der Waals surface area (Å²) in [6.45, 7) is 6.11. The minimum atomic E-state index is -0.866. The normalized spacial score (nSPS) is 23.5. The van der Waals surface area contributed by atoms with Gasteiger partial charge < -0.3 is 10.1 Å². The summed E-state index contributed by atoms with van der Waals surface area (Å²) < 4.78 is 6.18. The van der Waals surface area contributed by atoms with E-state index in [-0.39, 0.29) is 17.8 Å². The first-order valence-electron chi connectivity index (χ1n) is 8.96. The van der Waals surface area contributed by atoms with Gasteiger partial charge in [-0.05, 0) is 36.6 Å². The van der Waals surface area contributed by atoms with E-state index in [9.17, 15) is 14.9 Å². The number of anilines is 1. The van der Waals surface area contributed by atoms with Gasteiger partial charge in [0, 0.05) is 29.8 Å². The third kappa shape index (κ3) is 2.79. The molecule has 2 heterocycles. The average molecular weight is 367 g/mol. The van der Waals surface area contributed by atoms with E-state index in [2.05, 4.69) is 19.2 Å². The second kappa shape index (κ2) is 5.97. The molecule has 2 aromatic rings. The van der Waals surface area contributed by atoms with Crippen LogP contribution in [0.3, 0.4) is 0 Å². The van der Waals surface area contributed by atoms with Crippen molar-refractivity contribution in [3.63, 3.8) is 0 Å². The van der Waals surface area contributed by atoms with Crippen molar-refractivity contribution in [1.29, 1.82) is 0 Å². The quantitative estimate of drug-likeness (QED) is 0.640. The van der Waals surface area contributed by atoms with Gasteiger partial charge in [0.25, 0.3) is 5.69 Å². The van der Waals surface area contributed by atoms with E-state index in [1.54, 1.807) is 11.0 Å². The number of nitro benzene ring substituents is 1. The predicted molar refractivity (Wildman–Crippen MR) is 101 cm³/mol. The van der Waals surface area contributed by atoms with Gasteiger partial charge in [0.2, 0.25) is 0 Å². The average Bonchev–Trinajstić information content (AvgIpc) is 2.61. The van der Waals surface area contributed by atoms with Crippen LogP contribution in [-0.4, -0.2) is 16.7 Å². The predicted octanol–water partition coefficient (Wildman–Crippen LogP) is 4.49. The van der Waals surface area contributed by atoms with Crippen LogP contribution in [0, 0.1) is 10.1 Å². The van der Waals surface area contributed by atoms with Crippen LogP contribution in [0.15, 0.2) is 42.5 Å². The van der Waals surface area contributed by atoms with Gasteiger partial charge in [-0.2, -0.15) is 0 Å². The van der Waals surface area contributed by atoms with Crippen LogP contribution in [0.25, 0.3) is 0 Å². The molecule has 2 aliphatic heterocycles. The molecule has 0 unspecified atom stereocenters. The van der Waals surface area contributed by atoms with Crippen LogP contribution in [0.1, 0.15) is 50.3 Å². The van der Waals surface area contributed by atoms with Gasteiger partial charge in [0.05, 0.1) is 11.0 Å². The topological polar surface area (TPSA) is 84.7 Å². The number of carbonyl (C=O) groups excluding carboxylic acids is 1. The molecule has 0 aromatic heterocycles. The Labute approximate surface area is 157 Å². The lowest BCUT2D eigenvalue weighted by Gasteiger charge is -2.50. The summed E-state index contributed by atoms with van der Waals surface area (Å²) in [5, 5.41) is 14.0. The summed E-state index contributed by atoms with van der Waals surface area (Å²) >= 11 is 0. The van der Waals surface area contributed by atoms with Crippen molar-refractivity contribution in [2.45, 2.75) is 44.9 Å². The number of rotatable bonds is 3. The summed E-state index contributed by atoms with van der Waals surface area (Å²) in [5.41, 5.74) is 1.71. The molecule has 0 aliphatic carbocycles. The van der Waals surface area contributed by atoms with Gasteiger partial charge in [0.15, 0.2) is 5.72 Å². The van der Waals surface area contributed by atoms with Crippen molar-refractivity contribution >= 4 is 17.4 Å². The lowest BCUT2D eigenvalue weighted by Crippen LogP contribution is -2.65. The van der Waals surface area contributed by atoms with Crippen molar-refractivity contribution in [1.82, 2.24) is 5.32 Å². The number of urea groups is 1. The first-order valence-corrected chi connectivity index (χ1v) is 8.96. The highest BCUT2D eigenvalue weighted by Crippen LogP contribution is 2.46. The molecule has 2 aliphatic rings. The Morgan fingerprint density at radius 1 is 1.26 bits per heavy atom. The molecule has 140 valence electrons. The molecule has 0 saturated carbocycles. The number of hydrogen-bond acceptors (Lipinski definition) is 4. The number of hydrogen-bond donors (Lipinski definition) is 1. The first kappa shape index (κ1) is 17.3. The third-order valence-corrected chi connectivity index (χ3v) is 5.28. The minimum Gasteiger partial charge on any atom is -0.467 e. The number of nitrogens with one attached hydrogen (secondary N) is 1. The summed E-state index contributed by atoms with van der Waals surface area (Å²) in [6.07, 6.45) is 0.499. The fraction of sp³-hybridized carbons (Fsp3) is 0.350. The summed E-state index contributed by atoms with van der Waals surface area (Å²) in [5.74, 6) is 0.964. The Kier molecular flexibility index (Phi) is 3.83. The van der Waals surface area contributed by atoms with Crippen LogP contribution >= 0.6 is 0 Å². The Morgan fingerprint density at radius 3 is 2.59 bits per heavy atom. The van der Waals surface area contributed by atoms with Gasteiger partial charge in [-0.25, -0.2) is 4.79 Å². The lowest BCUT2D eigenvalue weighted by molar-refractivity contribution is -0.385. The number of ether oxygens (including phenoxy) is 1. The second-order valence-corrected chi connectivity index (χ2v) is 7.54. The van der Waals surface area contributed by atoms with E-state index in [0.29, 0.717) is 23.7 Å². The fourth-order valence-electron chi connectivity index (χ4n) is 3.87. The van der Waals surface area contributed by atoms with E-state index >= 15 is 0 Å². The zero-order valence-electron chi connectivity index (χ0n) is 15.4. The summed E-state index contributed by atoms with van der Waals surface area (Å²) in [4.78, 5) is 25.1. The van der Waals surface area contributed by atoms with Gasteiger partial charge in [-0.3, -0.25) is 15.0 Å². The van der Waals surface area contributed by atoms with Crippen molar-refractivity contribution in [2.24, 2.45) is 0 Å². The standard InChI is InChI=1S/C20H21N3O4/c1-12(2)13-4-6-14(7-5-13)22-19(24)21-17-11-20(22,3)27-18-9-8-15(23(25)26)10-16(17)18/h4-10,12,17H,11H2,1-3H3,(H,21,24)/t17-,20+/m0/s1. The molecule has 2 atom stereocenters. The lowest BCUT2D eigenvalue weighted by atomic mass is 9.89. The number of nitro groups is 1. The number of nitrogens with zero attached hydrogens (tertiary/aromatic N) is 2. The van der Waals surface area contributed by atoms with Gasteiger partial charge >= 0.3 is 6.03 Å². The second-order valence-electron chi connectivity index (χ2n) is 7.54. The zero-order chi connectivity index (χ0) is 19.3. The van der Waals surface area contributed by atoms with E-state index in [1.807, 2.05) is 31.2 Å². The Hall–Kier alpha value is -3.09. The number of non-ortho nitro benzene ring substituents is 1. The molecule has 0 spiro atoms. The molecule has 2 aromatic carbocycles. The maximum atomic E-state index is 12.9. The SMILES string of the molecule is CC(C)c1ccc(N2C(=O)N[C@H]3C[C@@]2(C)Oc2ccc([N+](=O)[O-])cc23)cc1. The van der Waals surface area contributed by atoms with E-state index < -0.39 is 10.6 Å². The molecule has 4 rings (SSSR count). The van der Waals surface area contributed by atoms with Gasteiger partial charge in [-0.1, -0.05) is 26.0 Å². The van der Waals surface area contributed by atoms with E-state index in [4.69, 9.17) is 4.74 Å². The smallest absolute Gasteiger partial charge is 0.325 e. The molecule has 2 amide bonds. The van der Waals surface area contributed by atoms with E-state index in [0.717, 1.165) is 5.69 Å². The van der Waals surface area contributed by atoms with E-state index in [1.165, 1.54) is 17.7 Å². The molecule has 1 fully saturated rings. The molecule has 27 heavy (non-hydrogen) atoms. The molecule has 7 nitrogen and oxygen atoms in total. The monoisotopic (exact) mass is 367 g/mol. The highest BCUT2D eigenvalue weighted by Gasteiger charge is 2.50. The van der Waals surface area contributed by atoms with Gasteiger partial charge in [0.1, 0.15) is 5.75 Å². The maximum Gasteiger partial charge on any atom is 0.325 e. The third-order valence-electron chi connectivity index (χ3n) is 5.28. The Morgan fingerprint density at radius 2 is 1.96 bits per heavy atom.